The Kier molecular flexibility index (Phi) is 4.16. The lowest BCUT2D eigenvalue weighted by molar-refractivity contribution is 0.0158. The summed E-state index contributed by atoms with van der Waals surface area (Å²) in [6.07, 6.45) is 1.48. The maximum absolute atomic E-state index is 5.44. The first-order valence-electron chi connectivity index (χ1n) is 4.98. The molecular formula is C10H21NO2. The van der Waals surface area contributed by atoms with Crippen LogP contribution in [0.2, 0.25) is 0 Å². The van der Waals surface area contributed by atoms with E-state index in [9.17, 15) is 0 Å². The second-order valence-electron chi connectivity index (χ2n) is 3.92. The first kappa shape index (κ1) is 11.0. The second kappa shape index (κ2) is 4.94. The maximum Gasteiger partial charge on any atom is 0.0761 e. The Hall–Kier alpha value is -0.120. The van der Waals surface area contributed by atoms with E-state index in [-0.39, 0.29) is 0 Å². The number of rotatable bonds is 4. The zero-order valence-corrected chi connectivity index (χ0v) is 9.12. The molecule has 0 aromatic heterocycles. The lowest BCUT2D eigenvalue weighted by Crippen LogP contribution is -2.43. The molecule has 0 radical (unpaired) electrons. The molecule has 78 valence electrons. The van der Waals surface area contributed by atoms with Crippen LogP contribution in [0.15, 0.2) is 0 Å². The zero-order chi connectivity index (χ0) is 9.84. The largest absolute Gasteiger partial charge is 0.383 e. The van der Waals surface area contributed by atoms with Crippen molar-refractivity contribution in [3.63, 3.8) is 0 Å². The molecule has 0 aliphatic carbocycles. The topological polar surface area (TPSA) is 21.7 Å². The Balaban J connectivity index is 2.55. The van der Waals surface area contributed by atoms with Crippen molar-refractivity contribution in [2.75, 3.05) is 27.4 Å². The Morgan fingerprint density at radius 1 is 1.38 bits per heavy atom. The lowest BCUT2D eigenvalue weighted by atomic mass is 10.1. The van der Waals surface area contributed by atoms with E-state index in [2.05, 4.69) is 18.7 Å². The van der Waals surface area contributed by atoms with E-state index >= 15 is 0 Å². The first-order chi connectivity index (χ1) is 6.20. The van der Waals surface area contributed by atoms with Gasteiger partial charge in [0, 0.05) is 26.8 Å². The fourth-order valence-electron chi connectivity index (χ4n) is 2.14. The molecule has 3 nitrogen and oxygen atoms in total. The van der Waals surface area contributed by atoms with Crippen LogP contribution < -0.4 is 0 Å². The molecule has 1 heterocycles. The molecule has 3 heteroatoms. The van der Waals surface area contributed by atoms with Crippen molar-refractivity contribution in [3.05, 3.63) is 0 Å². The van der Waals surface area contributed by atoms with Gasteiger partial charge in [-0.3, -0.25) is 4.90 Å². The molecule has 0 saturated carbocycles. The highest BCUT2D eigenvalue weighted by atomic mass is 16.5. The molecule has 2 atom stereocenters. The highest BCUT2D eigenvalue weighted by Gasteiger charge is 2.35. The molecule has 1 fully saturated rings. The number of hydrogen-bond donors (Lipinski definition) is 0. The van der Waals surface area contributed by atoms with E-state index in [0.717, 1.165) is 19.6 Å². The van der Waals surface area contributed by atoms with Gasteiger partial charge in [0.05, 0.1) is 18.8 Å². The van der Waals surface area contributed by atoms with Gasteiger partial charge in [-0.25, -0.2) is 0 Å². The summed E-state index contributed by atoms with van der Waals surface area (Å²) in [4.78, 5) is 2.46. The van der Waals surface area contributed by atoms with Gasteiger partial charge >= 0.3 is 0 Å². The highest BCUT2D eigenvalue weighted by Crippen LogP contribution is 2.22. The summed E-state index contributed by atoms with van der Waals surface area (Å²) in [5, 5.41) is 0. The predicted molar refractivity (Wildman–Crippen MR) is 52.9 cm³/mol. The summed E-state index contributed by atoms with van der Waals surface area (Å²) in [5.41, 5.74) is 0. The summed E-state index contributed by atoms with van der Waals surface area (Å²) >= 11 is 0. The van der Waals surface area contributed by atoms with Crippen LogP contribution in [0.5, 0.6) is 0 Å². The van der Waals surface area contributed by atoms with Gasteiger partial charge in [0.25, 0.3) is 0 Å². The van der Waals surface area contributed by atoms with Crippen molar-refractivity contribution in [1.29, 1.82) is 0 Å². The molecule has 0 spiro atoms. The summed E-state index contributed by atoms with van der Waals surface area (Å²) < 4.78 is 10.7. The third kappa shape index (κ3) is 2.42. The van der Waals surface area contributed by atoms with E-state index in [1.54, 1.807) is 14.2 Å². The van der Waals surface area contributed by atoms with Crippen molar-refractivity contribution in [1.82, 2.24) is 4.90 Å². The summed E-state index contributed by atoms with van der Waals surface area (Å²) in [6.45, 7) is 6.35. The smallest absolute Gasteiger partial charge is 0.0761 e. The molecule has 0 bridgehead atoms. The van der Waals surface area contributed by atoms with Crippen LogP contribution in [0, 0.1) is 0 Å². The molecule has 0 amide bonds. The van der Waals surface area contributed by atoms with Crippen molar-refractivity contribution in [2.24, 2.45) is 0 Å². The van der Waals surface area contributed by atoms with Crippen molar-refractivity contribution in [3.8, 4) is 0 Å². The number of likely N-dealkylation sites (tertiary alicyclic amines) is 1. The average Bonchev–Trinajstić information content (AvgIpc) is 2.48. The Morgan fingerprint density at radius 2 is 2.08 bits per heavy atom. The van der Waals surface area contributed by atoms with Crippen LogP contribution in [0.3, 0.4) is 0 Å². The monoisotopic (exact) mass is 187 g/mol. The van der Waals surface area contributed by atoms with Gasteiger partial charge in [0.2, 0.25) is 0 Å². The van der Waals surface area contributed by atoms with Gasteiger partial charge in [-0.05, 0) is 20.3 Å². The summed E-state index contributed by atoms with van der Waals surface area (Å²) in [5.74, 6) is 0. The van der Waals surface area contributed by atoms with Crippen molar-refractivity contribution in [2.45, 2.75) is 38.5 Å². The molecular weight excluding hydrogens is 166 g/mol. The van der Waals surface area contributed by atoms with Crippen LogP contribution in [0.4, 0.5) is 0 Å². The zero-order valence-electron chi connectivity index (χ0n) is 9.12. The standard InChI is InChI=1S/C10H21NO2/c1-8(2)11-6-5-10(13-4)9(11)7-12-3/h8-10H,5-7H2,1-4H3. The average molecular weight is 187 g/mol. The third-order valence-electron chi connectivity index (χ3n) is 2.83. The van der Waals surface area contributed by atoms with E-state index in [1.807, 2.05) is 0 Å². The number of hydrogen-bond acceptors (Lipinski definition) is 3. The van der Waals surface area contributed by atoms with Gasteiger partial charge in [-0.2, -0.15) is 0 Å². The molecule has 1 saturated heterocycles. The van der Waals surface area contributed by atoms with Crippen LogP contribution in [-0.4, -0.2) is 50.5 Å². The minimum absolute atomic E-state index is 0.349. The molecule has 1 rings (SSSR count). The Bertz CT molecular complexity index is 150. The quantitative estimate of drug-likeness (QED) is 0.658. The highest BCUT2D eigenvalue weighted by molar-refractivity contribution is 4.89. The van der Waals surface area contributed by atoms with E-state index in [1.165, 1.54) is 0 Å². The van der Waals surface area contributed by atoms with Crippen LogP contribution >= 0.6 is 0 Å². The van der Waals surface area contributed by atoms with Gasteiger partial charge in [0.1, 0.15) is 0 Å². The van der Waals surface area contributed by atoms with Gasteiger partial charge in [-0.1, -0.05) is 0 Å². The molecule has 13 heavy (non-hydrogen) atoms. The molecule has 0 aromatic carbocycles. The number of ether oxygens (including phenoxy) is 2. The molecule has 0 N–H and O–H groups in total. The maximum atomic E-state index is 5.44. The van der Waals surface area contributed by atoms with Gasteiger partial charge in [-0.15, -0.1) is 0 Å². The Morgan fingerprint density at radius 3 is 2.54 bits per heavy atom. The molecule has 1 aliphatic rings. The number of nitrogens with zero attached hydrogens (tertiary/aromatic N) is 1. The lowest BCUT2D eigenvalue weighted by Gasteiger charge is -2.29. The summed E-state index contributed by atoms with van der Waals surface area (Å²) in [7, 11) is 3.54. The fourth-order valence-corrected chi connectivity index (χ4v) is 2.14. The van der Waals surface area contributed by atoms with E-state index in [4.69, 9.17) is 9.47 Å². The normalized spacial score (nSPS) is 30.2. The SMILES string of the molecule is COCC1C(OC)CCN1C(C)C. The van der Waals surface area contributed by atoms with E-state index < -0.39 is 0 Å². The summed E-state index contributed by atoms with van der Waals surface area (Å²) in [6, 6.07) is 1.02. The first-order valence-corrected chi connectivity index (χ1v) is 4.98. The molecule has 0 aromatic rings. The third-order valence-corrected chi connectivity index (χ3v) is 2.83. The van der Waals surface area contributed by atoms with Gasteiger partial charge in [0.15, 0.2) is 0 Å². The van der Waals surface area contributed by atoms with Crippen LogP contribution in [-0.2, 0) is 9.47 Å². The number of methoxy groups -OCH3 is 2. The van der Waals surface area contributed by atoms with Gasteiger partial charge < -0.3 is 9.47 Å². The Labute approximate surface area is 81.0 Å². The minimum Gasteiger partial charge on any atom is -0.383 e. The fraction of sp³-hybridized carbons (Fsp3) is 1.00. The van der Waals surface area contributed by atoms with Crippen molar-refractivity contribution < 1.29 is 9.47 Å². The van der Waals surface area contributed by atoms with Crippen molar-refractivity contribution >= 4 is 0 Å². The van der Waals surface area contributed by atoms with E-state index in [0.29, 0.717) is 18.2 Å². The minimum atomic E-state index is 0.349. The molecule has 2 unspecified atom stereocenters. The second-order valence-corrected chi connectivity index (χ2v) is 3.92. The predicted octanol–water partition coefficient (Wildman–Crippen LogP) is 1.13. The van der Waals surface area contributed by atoms with Crippen LogP contribution in [0.1, 0.15) is 20.3 Å². The van der Waals surface area contributed by atoms with Crippen LogP contribution in [0.25, 0.3) is 0 Å². The molecule has 1 aliphatic heterocycles.